The summed E-state index contributed by atoms with van der Waals surface area (Å²) < 4.78 is 5.35. The molecule has 21 heavy (non-hydrogen) atoms. The Morgan fingerprint density at radius 2 is 1.95 bits per heavy atom. The lowest BCUT2D eigenvalue weighted by atomic mass is 10.1. The summed E-state index contributed by atoms with van der Waals surface area (Å²) in [6.07, 6.45) is 2.32. The maximum absolute atomic E-state index is 12.2. The van der Waals surface area contributed by atoms with Crippen molar-refractivity contribution in [1.29, 1.82) is 0 Å². The Bertz CT molecular complexity index is 477. The van der Waals surface area contributed by atoms with Gasteiger partial charge in [0.1, 0.15) is 11.9 Å². The zero-order valence-electron chi connectivity index (χ0n) is 12.9. The molecule has 0 aliphatic rings. The molecule has 0 unspecified atom stereocenters. The highest BCUT2D eigenvalue weighted by atomic mass is 16.6. The number of amides is 1. The molecule has 0 saturated heterocycles. The lowest BCUT2D eigenvalue weighted by molar-refractivity contribution is -0.112. The predicted octanol–water partition coefficient (Wildman–Crippen LogP) is 3.22. The molecule has 1 amide bonds. The van der Waals surface area contributed by atoms with Crippen LogP contribution in [0.2, 0.25) is 0 Å². The number of ether oxygens (including phenoxy) is 1. The first-order chi connectivity index (χ1) is 9.87. The zero-order chi connectivity index (χ0) is 15.9. The third-order valence-electron chi connectivity index (χ3n) is 2.80. The summed E-state index contributed by atoms with van der Waals surface area (Å²) in [5.41, 5.74) is 0.392. The number of rotatable bonds is 6. The van der Waals surface area contributed by atoms with E-state index in [0.717, 1.165) is 11.8 Å². The highest BCUT2D eigenvalue weighted by Crippen LogP contribution is 2.14. The van der Waals surface area contributed by atoms with Crippen molar-refractivity contribution < 1.29 is 14.3 Å². The molecule has 1 aromatic rings. The van der Waals surface area contributed by atoms with Gasteiger partial charge in [-0.3, -0.25) is 4.90 Å². The molecule has 0 aromatic heterocycles. The van der Waals surface area contributed by atoms with Crippen molar-refractivity contribution in [3.8, 4) is 0 Å². The van der Waals surface area contributed by atoms with Crippen molar-refractivity contribution >= 4 is 12.4 Å². The van der Waals surface area contributed by atoms with E-state index in [0.29, 0.717) is 6.42 Å². The molecule has 114 valence electrons. The highest BCUT2D eigenvalue weighted by molar-refractivity contribution is 5.74. The first-order valence-corrected chi connectivity index (χ1v) is 6.97. The van der Waals surface area contributed by atoms with Gasteiger partial charge in [0, 0.05) is 6.54 Å². The second kappa shape index (κ2) is 7.62. The quantitative estimate of drug-likeness (QED) is 0.596. The molecule has 0 aliphatic heterocycles. The molecule has 0 fully saturated rings. The molecular formula is C17H23NO3. The third-order valence-corrected chi connectivity index (χ3v) is 2.80. The molecule has 0 saturated carbocycles. The van der Waals surface area contributed by atoms with Crippen LogP contribution in [0.25, 0.3) is 0 Å². The molecule has 0 aliphatic carbocycles. The third kappa shape index (κ3) is 5.81. The SMILES string of the molecule is C=CCN(C(=O)OC(C)(C)C)[C@H](C=O)Cc1ccccc1. The van der Waals surface area contributed by atoms with Crippen molar-refractivity contribution in [2.75, 3.05) is 6.54 Å². The van der Waals surface area contributed by atoms with E-state index in [1.165, 1.54) is 4.90 Å². The summed E-state index contributed by atoms with van der Waals surface area (Å²) in [4.78, 5) is 25.0. The largest absolute Gasteiger partial charge is 0.444 e. The number of nitrogens with zero attached hydrogens (tertiary/aromatic N) is 1. The van der Waals surface area contributed by atoms with Crippen LogP contribution in [0.15, 0.2) is 43.0 Å². The van der Waals surface area contributed by atoms with Crippen molar-refractivity contribution in [3.63, 3.8) is 0 Å². The Morgan fingerprint density at radius 1 is 1.33 bits per heavy atom. The summed E-state index contributed by atoms with van der Waals surface area (Å²) in [6.45, 7) is 9.29. The van der Waals surface area contributed by atoms with Crippen LogP contribution >= 0.6 is 0 Å². The average Bonchev–Trinajstić information content (AvgIpc) is 2.41. The van der Waals surface area contributed by atoms with Gasteiger partial charge < -0.3 is 9.53 Å². The standard InChI is InChI=1S/C17H23NO3/c1-5-11-18(16(20)21-17(2,3)4)15(13-19)12-14-9-7-6-8-10-14/h5-10,13,15H,1,11-12H2,2-4H3/t15-/m0/s1. The Kier molecular flexibility index (Phi) is 6.15. The zero-order valence-corrected chi connectivity index (χ0v) is 12.9. The Labute approximate surface area is 126 Å². The van der Waals surface area contributed by atoms with Crippen LogP contribution in [0, 0.1) is 0 Å². The van der Waals surface area contributed by atoms with Gasteiger partial charge in [-0.15, -0.1) is 6.58 Å². The van der Waals surface area contributed by atoms with Crippen LogP contribution in [-0.4, -0.2) is 35.5 Å². The minimum absolute atomic E-state index is 0.269. The number of hydrogen-bond donors (Lipinski definition) is 0. The molecule has 0 radical (unpaired) electrons. The summed E-state index contributed by atoms with van der Waals surface area (Å²) >= 11 is 0. The lowest BCUT2D eigenvalue weighted by Crippen LogP contribution is -2.45. The number of carbonyl (C=O) groups excluding carboxylic acids is 2. The topological polar surface area (TPSA) is 46.6 Å². The fourth-order valence-electron chi connectivity index (χ4n) is 1.89. The number of benzene rings is 1. The number of carbonyl (C=O) groups is 2. The summed E-state index contributed by atoms with van der Waals surface area (Å²) in [7, 11) is 0. The van der Waals surface area contributed by atoms with Gasteiger partial charge in [-0.1, -0.05) is 36.4 Å². The maximum Gasteiger partial charge on any atom is 0.411 e. The molecule has 4 nitrogen and oxygen atoms in total. The fourth-order valence-corrected chi connectivity index (χ4v) is 1.89. The average molecular weight is 289 g/mol. The number of aldehydes is 1. The van der Waals surface area contributed by atoms with E-state index in [-0.39, 0.29) is 6.54 Å². The Morgan fingerprint density at radius 3 is 2.43 bits per heavy atom. The first kappa shape index (κ1) is 17.0. The summed E-state index contributed by atoms with van der Waals surface area (Å²) in [5, 5.41) is 0. The predicted molar refractivity (Wildman–Crippen MR) is 83.1 cm³/mol. The molecule has 0 heterocycles. The van der Waals surface area contributed by atoms with Gasteiger partial charge in [-0.25, -0.2) is 4.79 Å². The number of hydrogen-bond acceptors (Lipinski definition) is 3. The van der Waals surface area contributed by atoms with Crippen LogP contribution in [-0.2, 0) is 16.0 Å². The van der Waals surface area contributed by atoms with Gasteiger partial charge in [0.05, 0.1) is 6.04 Å². The molecular weight excluding hydrogens is 266 g/mol. The van der Waals surface area contributed by atoms with Crippen molar-refractivity contribution in [3.05, 3.63) is 48.6 Å². The van der Waals surface area contributed by atoms with Gasteiger partial charge in [0.15, 0.2) is 0 Å². The first-order valence-electron chi connectivity index (χ1n) is 6.97. The molecule has 1 rings (SSSR count). The van der Waals surface area contributed by atoms with Gasteiger partial charge in [-0.2, -0.15) is 0 Å². The minimum Gasteiger partial charge on any atom is -0.444 e. The summed E-state index contributed by atoms with van der Waals surface area (Å²) in [5.74, 6) is 0. The van der Waals surface area contributed by atoms with Crippen LogP contribution in [0.1, 0.15) is 26.3 Å². The molecule has 1 aromatic carbocycles. The summed E-state index contributed by atoms with van der Waals surface area (Å²) in [6, 6.07) is 9.01. The Balaban J connectivity index is 2.87. The van der Waals surface area contributed by atoms with Crippen molar-refractivity contribution in [1.82, 2.24) is 4.90 Å². The molecule has 1 atom stereocenters. The van der Waals surface area contributed by atoms with E-state index in [9.17, 15) is 9.59 Å². The maximum atomic E-state index is 12.2. The van der Waals surface area contributed by atoms with Crippen molar-refractivity contribution in [2.24, 2.45) is 0 Å². The monoisotopic (exact) mass is 289 g/mol. The lowest BCUT2D eigenvalue weighted by Gasteiger charge is -2.30. The van der Waals surface area contributed by atoms with E-state index in [4.69, 9.17) is 4.74 Å². The van der Waals surface area contributed by atoms with E-state index < -0.39 is 17.7 Å². The van der Waals surface area contributed by atoms with Crippen LogP contribution in [0.4, 0.5) is 4.79 Å². The highest BCUT2D eigenvalue weighted by Gasteiger charge is 2.27. The second-order valence-electron chi connectivity index (χ2n) is 5.81. The van der Waals surface area contributed by atoms with Crippen molar-refractivity contribution in [2.45, 2.75) is 38.8 Å². The normalized spacial score (nSPS) is 12.3. The van der Waals surface area contributed by atoms with E-state index in [2.05, 4.69) is 6.58 Å². The minimum atomic E-state index is -0.601. The van der Waals surface area contributed by atoms with Gasteiger partial charge in [0.25, 0.3) is 0 Å². The van der Waals surface area contributed by atoms with Crippen LogP contribution < -0.4 is 0 Å². The Hall–Kier alpha value is -2.10. The van der Waals surface area contributed by atoms with Gasteiger partial charge in [-0.05, 0) is 32.8 Å². The molecule has 0 spiro atoms. The van der Waals surface area contributed by atoms with E-state index in [1.807, 2.05) is 30.3 Å². The van der Waals surface area contributed by atoms with Crippen LogP contribution in [0.5, 0.6) is 0 Å². The van der Waals surface area contributed by atoms with Gasteiger partial charge in [0.2, 0.25) is 0 Å². The van der Waals surface area contributed by atoms with Crippen LogP contribution in [0.3, 0.4) is 0 Å². The van der Waals surface area contributed by atoms with E-state index in [1.54, 1.807) is 26.8 Å². The smallest absolute Gasteiger partial charge is 0.411 e. The molecule has 4 heteroatoms. The fraction of sp³-hybridized carbons (Fsp3) is 0.412. The van der Waals surface area contributed by atoms with Gasteiger partial charge >= 0.3 is 6.09 Å². The second-order valence-corrected chi connectivity index (χ2v) is 5.81. The van der Waals surface area contributed by atoms with E-state index >= 15 is 0 Å². The molecule has 0 bridgehead atoms. The molecule has 0 N–H and O–H groups in total.